The topological polar surface area (TPSA) is 231 Å². The lowest BCUT2D eigenvalue weighted by molar-refractivity contribution is -0.322. The summed E-state index contributed by atoms with van der Waals surface area (Å²) in [5, 5.41) is 43.9. The number of likely N-dealkylation sites (N-methyl/N-ethyl adjacent to an activating group) is 1. The Morgan fingerprint density at radius 3 is 2.14 bits per heavy atom. The number of ketones is 1. The molecule has 4 fully saturated rings. The molecule has 4 N–H and O–H groups in total. The Kier molecular flexibility index (Phi) is 18.5. The molecule has 0 radical (unpaired) electrons. The van der Waals surface area contributed by atoms with Crippen molar-refractivity contribution in [3.63, 3.8) is 0 Å². The monoisotopic (exact) mass is 916 g/mol. The van der Waals surface area contributed by atoms with Gasteiger partial charge in [-0.05, 0) is 79.6 Å². The van der Waals surface area contributed by atoms with Crippen LogP contribution >= 0.6 is 0 Å². The standard InChI is InChI=1S/C46H77NO17/c1-13-33-29(22-57-44-41(56-12)40(55-11)37(52)25(4)60-44)43-46(8,64-43)16-14-31(49)23(2)18-28(15-17-48)38(24(3)32(50)20-34(51)61-33)62-35-19-30(47(9)10)39(26(5)58-35)63-36-21-45(7,54)42(53)27(6)59-36/h14,16-17,23-30,32-33,35-44,50,52-54H,13,15,18-22H2,1-12H3/b16-14+. The average Bonchev–Trinajstić information content (AvgIpc) is 3.91. The summed E-state index contributed by atoms with van der Waals surface area (Å²) in [6.45, 7) is 14.0. The predicted octanol–water partition coefficient (Wildman–Crippen LogP) is 2.07. The molecule has 0 bridgehead atoms. The second-order valence-electron chi connectivity index (χ2n) is 19.4. The summed E-state index contributed by atoms with van der Waals surface area (Å²) in [5.74, 6) is -3.25. The van der Waals surface area contributed by atoms with Gasteiger partial charge in [-0.25, -0.2) is 0 Å². The number of epoxide rings is 1. The molecule has 0 spiro atoms. The number of hydrogen-bond acceptors (Lipinski definition) is 18. The van der Waals surface area contributed by atoms with Crippen molar-refractivity contribution < 1.29 is 82.2 Å². The molecule has 0 saturated carbocycles. The van der Waals surface area contributed by atoms with E-state index in [-0.39, 0.29) is 37.7 Å². The maximum Gasteiger partial charge on any atom is 0.308 e. The number of allylic oxidation sites excluding steroid dienone is 1. The number of methoxy groups -OCH3 is 2. The summed E-state index contributed by atoms with van der Waals surface area (Å²) in [6.07, 6.45) is -7.38. The first-order chi connectivity index (χ1) is 30.1. The fourth-order valence-electron chi connectivity index (χ4n) is 10.1. The lowest BCUT2D eigenvalue weighted by atomic mass is 9.79. The lowest BCUT2D eigenvalue weighted by Crippen LogP contribution is -2.60. The van der Waals surface area contributed by atoms with Crippen molar-refractivity contribution in [3.8, 4) is 0 Å². The number of aliphatic hydroxyl groups excluding tert-OH is 3. The Labute approximate surface area is 378 Å². The smallest absolute Gasteiger partial charge is 0.308 e. The number of cyclic esters (lactones) is 1. The number of aldehydes is 1. The molecule has 4 saturated heterocycles. The molecule has 5 aliphatic rings. The van der Waals surface area contributed by atoms with Crippen LogP contribution in [0.3, 0.4) is 0 Å². The molecule has 0 aromatic heterocycles. The highest BCUT2D eigenvalue weighted by molar-refractivity contribution is 5.91. The Morgan fingerprint density at radius 2 is 1.53 bits per heavy atom. The van der Waals surface area contributed by atoms with E-state index >= 15 is 0 Å². The normalized spacial score (nSPS) is 48.0. The summed E-state index contributed by atoms with van der Waals surface area (Å²) in [7, 11) is 6.75. The largest absolute Gasteiger partial charge is 0.462 e. The molecule has 5 heterocycles. The fraction of sp³-hybridized carbons (Fsp3) is 0.891. The van der Waals surface area contributed by atoms with E-state index in [2.05, 4.69) is 0 Å². The van der Waals surface area contributed by atoms with Gasteiger partial charge in [0.05, 0.1) is 55.3 Å². The number of esters is 1. The van der Waals surface area contributed by atoms with E-state index in [4.69, 9.17) is 47.4 Å². The maximum absolute atomic E-state index is 13.9. The number of fused-ring (bicyclic) bond motifs is 1. The zero-order chi connectivity index (χ0) is 47.4. The van der Waals surface area contributed by atoms with Gasteiger partial charge in [0, 0.05) is 57.3 Å². The average molecular weight is 916 g/mol. The van der Waals surface area contributed by atoms with Crippen LogP contribution in [0.5, 0.6) is 0 Å². The van der Waals surface area contributed by atoms with Gasteiger partial charge in [0.15, 0.2) is 24.7 Å². The molecule has 0 aromatic carbocycles. The van der Waals surface area contributed by atoms with Gasteiger partial charge in [-0.1, -0.05) is 20.8 Å². The maximum atomic E-state index is 13.9. The number of carbonyl (C=O) groups excluding carboxylic acids is 3. The van der Waals surface area contributed by atoms with Crippen molar-refractivity contribution in [1.82, 2.24) is 4.90 Å². The number of nitrogens with zero attached hydrogens (tertiary/aromatic N) is 1. The van der Waals surface area contributed by atoms with Crippen LogP contribution in [0.25, 0.3) is 0 Å². The summed E-state index contributed by atoms with van der Waals surface area (Å²) in [6, 6.07) is -0.278. The Bertz CT molecular complexity index is 1570. The lowest BCUT2D eigenvalue weighted by Gasteiger charge is -2.48. The highest BCUT2D eigenvalue weighted by Gasteiger charge is 2.58. The first kappa shape index (κ1) is 53.0. The van der Waals surface area contributed by atoms with Crippen LogP contribution in [0.1, 0.15) is 93.9 Å². The fourth-order valence-corrected chi connectivity index (χ4v) is 10.1. The minimum atomic E-state index is -1.42. The molecule has 22 unspecified atom stereocenters. The summed E-state index contributed by atoms with van der Waals surface area (Å²) in [4.78, 5) is 42.0. The van der Waals surface area contributed by atoms with Crippen LogP contribution in [0, 0.1) is 23.7 Å². The van der Waals surface area contributed by atoms with Gasteiger partial charge >= 0.3 is 5.97 Å². The molecule has 18 heteroatoms. The molecule has 22 atom stereocenters. The van der Waals surface area contributed by atoms with E-state index in [9.17, 15) is 34.8 Å². The van der Waals surface area contributed by atoms with Gasteiger partial charge in [-0.2, -0.15) is 0 Å². The first-order valence-electron chi connectivity index (χ1n) is 23.0. The highest BCUT2D eigenvalue weighted by Crippen LogP contribution is 2.46. The third-order valence-electron chi connectivity index (χ3n) is 14.2. The number of ether oxygens (including phenoxy) is 10. The van der Waals surface area contributed by atoms with E-state index in [1.165, 1.54) is 20.3 Å². The molecule has 0 amide bonds. The number of hydrogen-bond donors (Lipinski definition) is 4. The van der Waals surface area contributed by atoms with E-state index in [1.807, 2.05) is 39.8 Å². The quantitative estimate of drug-likeness (QED) is 0.118. The van der Waals surface area contributed by atoms with Crippen LogP contribution in [0.2, 0.25) is 0 Å². The molecule has 5 rings (SSSR count). The molecule has 0 aromatic rings. The summed E-state index contributed by atoms with van der Waals surface area (Å²) < 4.78 is 61.6. The predicted molar refractivity (Wildman–Crippen MR) is 228 cm³/mol. The molecule has 5 aliphatic heterocycles. The summed E-state index contributed by atoms with van der Waals surface area (Å²) in [5.41, 5.74) is -2.33. The van der Waals surface area contributed by atoms with Crippen molar-refractivity contribution in [1.29, 1.82) is 0 Å². The Hall–Kier alpha value is -2.01. The van der Waals surface area contributed by atoms with Crippen LogP contribution in [-0.2, 0) is 61.8 Å². The van der Waals surface area contributed by atoms with Gasteiger partial charge in [0.1, 0.15) is 48.5 Å². The third kappa shape index (κ3) is 12.4. The number of aliphatic hydroxyl groups is 4. The van der Waals surface area contributed by atoms with Gasteiger partial charge in [0.2, 0.25) is 0 Å². The molecular weight excluding hydrogens is 838 g/mol. The zero-order valence-corrected chi connectivity index (χ0v) is 39.8. The Morgan fingerprint density at radius 1 is 0.875 bits per heavy atom. The molecule has 18 nitrogen and oxygen atoms in total. The second-order valence-corrected chi connectivity index (χ2v) is 19.4. The van der Waals surface area contributed by atoms with Crippen molar-refractivity contribution >= 4 is 18.0 Å². The van der Waals surface area contributed by atoms with Crippen LogP contribution in [0.4, 0.5) is 0 Å². The molecular formula is C46H77NO17. The SMILES string of the molecule is CCC1OC(=O)CC(O)C(C)C(OC2CC(N(C)C)C(OC3CC(C)(O)C(O)C(C)O3)C(C)O2)C(CC=O)CC(C)C(=O)/C=C/C2(C)OC2C1COC1OC(C)C(O)C(OC)C1OC. The van der Waals surface area contributed by atoms with Gasteiger partial charge in [-0.15, -0.1) is 0 Å². The van der Waals surface area contributed by atoms with Crippen molar-refractivity contribution in [2.75, 3.05) is 34.9 Å². The second kappa shape index (κ2) is 22.4. The number of rotatable bonds is 13. The minimum absolute atomic E-state index is 0.00729. The van der Waals surface area contributed by atoms with Crippen LogP contribution < -0.4 is 0 Å². The Balaban J connectivity index is 1.38. The molecule has 368 valence electrons. The van der Waals surface area contributed by atoms with Crippen LogP contribution in [-0.4, -0.2) is 188 Å². The third-order valence-corrected chi connectivity index (χ3v) is 14.2. The van der Waals surface area contributed by atoms with E-state index in [0.717, 1.165) is 6.29 Å². The van der Waals surface area contributed by atoms with Crippen molar-refractivity contribution in [2.24, 2.45) is 23.7 Å². The number of carbonyl (C=O) groups is 3. The zero-order valence-electron chi connectivity index (χ0n) is 39.8. The van der Waals surface area contributed by atoms with Crippen molar-refractivity contribution in [2.45, 2.75) is 203 Å². The van der Waals surface area contributed by atoms with Gasteiger partial charge in [0.25, 0.3) is 0 Å². The molecule has 64 heavy (non-hydrogen) atoms. The first-order valence-corrected chi connectivity index (χ1v) is 23.0. The van der Waals surface area contributed by atoms with Crippen molar-refractivity contribution in [3.05, 3.63) is 12.2 Å². The van der Waals surface area contributed by atoms with Gasteiger partial charge < -0.3 is 77.5 Å². The summed E-state index contributed by atoms with van der Waals surface area (Å²) >= 11 is 0. The van der Waals surface area contributed by atoms with E-state index in [0.29, 0.717) is 12.8 Å². The van der Waals surface area contributed by atoms with Crippen LogP contribution in [0.15, 0.2) is 12.2 Å². The highest BCUT2D eigenvalue weighted by atomic mass is 16.7. The minimum Gasteiger partial charge on any atom is -0.462 e. The molecule has 0 aliphatic carbocycles. The van der Waals surface area contributed by atoms with Gasteiger partial charge in [-0.3, -0.25) is 9.59 Å². The van der Waals surface area contributed by atoms with E-state index in [1.54, 1.807) is 40.7 Å². The van der Waals surface area contributed by atoms with E-state index < -0.39 is 139 Å².